The maximum absolute atomic E-state index is 13.7. The van der Waals surface area contributed by atoms with Crippen LogP contribution in [0.5, 0.6) is 0 Å². The average molecular weight is 332 g/mol. The molecule has 1 nitrogen and oxygen atoms in total. The highest BCUT2D eigenvalue weighted by molar-refractivity contribution is 9.10. The molecule has 1 fully saturated rings. The molecular formula is C15H20BrF2N. The van der Waals surface area contributed by atoms with Gasteiger partial charge in [0.15, 0.2) is 0 Å². The van der Waals surface area contributed by atoms with Crippen LogP contribution >= 0.6 is 15.9 Å². The Labute approximate surface area is 121 Å². The maximum Gasteiger partial charge on any atom is 0.147 e. The van der Waals surface area contributed by atoms with Crippen LogP contribution < -0.4 is 5.32 Å². The van der Waals surface area contributed by atoms with Crippen LogP contribution in [-0.2, 0) is 0 Å². The third kappa shape index (κ3) is 3.91. The average Bonchev–Trinajstić information content (AvgIpc) is 2.38. The fraction of sp³-hybridized carbons (Fsp3) is 0.600. The first-order chi connectivity index (χ1) is 9.10. The number of nitrogens with one attached hydrogen (secondary N) is 1. The molecule has 0 aromatic heterocycles. The van der Waals surface area contributed by atoms with Gasteiger partial charge < -0.3 is 5.32 Å². The van der Waals surface area contributed by atoms with Crippen molar-refractivity contribution in [1.82, 2.24) is 0 Å². The van der Waals surface area contributed by atoms with Gasteiger partial charge in [0.05, 0.1) is 10.2 Å². The minimum atomic E-state index is -0.427. The Hall–Kier alpha value is -0.640. The molecule has 0 saturated heterocycles. The zero-order chi connectivity index (χ0) is 13.8. The lowest BCUT2D eigenvalue weighted by Crippen LogP contribution is -2.26. The zero-order valence-corrected chi connectivity index (χ0v) is 12.8. The van der Waals surface area contributed by atoms with Gasteiger partial charge in [-0.1, -0.05) is 19.8 Å². The second-order valence-electron chi connectivity index (χ2n) is 5.40. The topological polar surface area (TPSA) is 12.0 Å². The van der Waals surface area contributed by atoms with Crippen LogP contribution in [0.2, 0.25) is 0 Å². The molecule has 2 rings (SSSR count). The van der Waals surface area contributed by atoms with Crippen molar-refractivity contribution in [3.63, 3.8) is 0 Å². The molecule has 4 heteroatoms. The predicted molar refractivity (Wildman–Crippen MR) is 78.3 cm³/mol. The Morgan fingerprint density at radius 1 is 1.16 bits per heavy atom. The summed E-state index contributed by atoms with van der Waals surface area (Å²) in [6, 6.07) is 2.68. The minimum absolute atomic E-state index is 0.169. The minimum Gasteiger partial charge on any atom is -0.380 e. The summed E-state index contributed by atoms with van der Waals surface area (Å²) < 4.78 is 27.3. The summed E-state index contributed by atoms with van der Waals surface area (Å²) in [5.74, 6) is -0.0120. The highest BCUT2D eigenvalue weighted by Gasteiger charge is 2.21. The Morgan fingerprint density at radius 2 is 1.84 bits per heavy atom. The molecule has 0 heterocycles. The van der Waals surface area contributed by atoms with E-state index in [2.05, 4.69) is 28.2 Å². The summed E-state index contributed by atoms with van der Waals surface area (Å²) in [7, 11) is 0. The lowest BCUT2D eigenvalue weighted by atomic mass is 9.83. The van der Waals surface area contributed by atoms with Crippen LogP contribution in [0, 0.1) is 17.6 Å². The molecule has 0 radical (unpaired) electrons. The number of anilines is 1. The van der Waals surface area contributed by atoms with Crippen LogP contribution in [0.15, 0.2) is 16.6 Å². The molecule has 0 aliphatic heterocycles. The van der Waals surface area contributed by atoms with Gasteiger partial charge in [-0.25, -0.2) is 8.78 Å². The van der Waals surface area contributed by atoms with Crippen LogP contribution in [0.25, 0.3) is 0 Å². The molecule has 0 atom stereocenters. The van der Waals surface area contributed by atoms with Crippen molar-refractivity contribution in [3.8, 4) is 0 Å². The van der Waals surface area contributed by atoms with Gasteiger partial charge in [0.2, 0.25) is 0 Å². The molecule has 19 heavy (non-hydrogen) atoms. The second-order valence-corrected chi connectivity index (χ2v) is 6.25. The summed E-state index contributed by atoms with van der Waals surface area (Å²) in [4.78, 5) is 0. The number of benzene rings is 1. The molecule has 1 N–H and O–H groups in total. The van der Waals surface area contributed by atoms with Gasteiger partial charge in [-0.05, 0) is 53.6 Å². The zero-order valence-electron chi connectivity index (χ0n) is 11.2. The highest BCUT2D eigenvalue weighted by Crippen LogP contribution is 2.31. The lowest BCUT2D eigenvalue weighted by molar-refractivity contribution is 0.318. The second kappa shape index (κ2) is 6.69. The van der Waals surface area contributed by atoms with E-state index in [1.54, 1.807) is 0 Å². The van der Waals surface area contributed by atoms with Gasteiger partial charge in [0.25, 0.3) is 0 Å². The summed E-state index contributed by atoms with van der Waals surface area (Å²) in [5.41, 5.74) is 0.277. The summed E-state index contributed by atoms with van der Waals surface area (Å²) in [6.45, 7) is 2.21. The van der Waals surface area contributed by atoms with Crippen molar-refractivity contribution < 1.29 is 8.78 Å². The van der Waals surface area contributed by atoms with Crippen LogP contribution in [0.3, 0.4) is 0 Å². The van der Waals surface area contributed by atoms with Gasteiger partial charge in [-0.2, -0.15) is 0 Å². The van der Waals surface area contributed by atoms with Gasteiger partial charge >= 0.3 is 0 Å². The van der Waals surface area contributed by atoms with Gasteiger partial charge in [0, 0.05) is 12.1 Å². The van der Waals surface area contributed by atoms with E-state index in [1.807, 2.05) is 0 Å². The summed E-state index contributed by atoms with van der Waals surface area (Å²) in [6.07, 6.45) is 6.98. The van der Waals surface area contributed by atoms with E-state index < -0.39 is 11.6 Å². The third-order valence-corrected chi connectivity index (χ3v) is 4.52. The van der Waals surface area contributed by atoms with Gasteiger partial charge in [0.1, 0.15) is 11.6 Å². The van der Waals surface area contributed by atoms with Gasteiger partial charge in [-0.15, -0.1) is 0 Å². The molecule has 1 aromatic carbocycles. The number of halogens is 3. The van der Waals surface area contributed by atoms with Crippen molar-refractivity contribution in [2.75, 3.05) is 5.32 Å². The molecule has 0 spiro atoms. The van der Waals surface area contributed by atoms with Crippen molar-refractivity contribution >= 4 is 21.6 Å². The van der Waals surface area contributed by atoms with Crippen LogP contribution in [0.4, 0.5) is 14.5 Å². The van der Waals surface area contributed by atoms with Crippen molar-refractivity contribution in [2.24, 2.45) is 5.92 Å². The predicted octanol–water partition coefficient (Wildman–Crippen LogP) is 5.50. The fourth-order valence-corrected chi connectivity index (χ4v) is 3.17. The first-order valence-corrected chi connectivity index (χ1v) is 7.80. The lowest BCUT2D eigenvalue weighted by Gasteiger charge is -2.29. The molecular weight excluding hydrogens is 312 g/mol. The molecule has 1 aliphatic carbocycles. The third-order valence-electron chi connectivity index (χ3n) is 3.91. The molecule has 0 amide bonds. The molecule has 1 aromatic rings. The Balaban J connectivity index is 1.94. The molecule has 106 valence electrons. The Morgan fingerprint density at radius 3 is 2.47 bits per heavy atom. The van der Waals surface area contributed by atoms with E-state index in [-0.39, 0.29) is 16.2 Å². The summed E-state index contributed by atoms with van der Waals surface area (Å²) >= 11 is 2.99. The Kier molecular flexibility index (Phi) is 5.20. The van der Waals surface area contributed by atoms with Crippen LogP contribution in [0.1, 0.15) is 45.4 Å². The highest BCUT2D eigenvalue weighted by atomic mass is 79.9. The van der Waals surface area contributed by atoms with Crippen molar-refractivity contribution in [1.29, 1.82) is 0 Å². The number of rotatable bonds is 4. The largest absolute Gasteiger partial charge is 0.380 e. The molecule has 1 aliphatic rings. The Bertz CT molecular complexity index is 428. The van der Waals surface area contributed by atoms with Crippen molar-refractivity contribution in [2.45, 2.75) is 51.5 Å². The smallest absolute Gasteiger partial charge is 0.147 e. The number of hydrogen-bond donors (Lipinski definition) is 1. The standard InChI is InChI=1S/C15H20BrF2N/c1-2-3-10-4-6-11(7-5-10)19-15-9-13(17)12(16)8-14(15)18/h8-11,19H,2-7H2,1H3. The summed E-state index contributed by atoms with van der Waals surface area (Å²) in [5, 5.41) is 3.14. The first-order valence-electron chi connectivity index (χ1n) is 7.01. The normalized spacial score (nSPS) is 23.4. The molecule has 1 saturated carbocycles. The number of hydrogen-bond acceptors (Lipinski definition) is 1. The van der Waals surface area contributed by atoms with Gasteiger partial charge in [-0.3, -0.25) is 0 Å². The van der Waals surface area contributed by atoms with E-state index in [9.17, 15) is 8.78 Å². The fourth-order valence-electron chi connectivity index (χ4n) is 2.86. The SMILES string of the molecule is CCCC1CCC(Nc2cc(F)c(Br)cc2F)CC1. The van der Waals surface area contributed by atoms with E-state index >= 15 is 0 Å². The monoisotopic (exact) mass is 331 g/mol. The quantitative estimate of drug-likeness (QED) is 0.718. The van der Waals surface area contributed by atoms with E-state index in [0.29, 0.717) is 0 Å². The molecule has 0 unspecified atom stereocenters. The maximum atomic E-state index is 13.7. The molecule has 0 bridgehead atoms. The van der Waals surface area contributed by atoms with Crippen LogP contribution in [-0.4, -0.2) is 6.04 Å². The van der Waals surface area contributed by atoms with Crippen molar-refractivity contribution in [3.05, 3.63) is 28.2 Å². The van der Waals surface area contributed by atoms with E-state index in [0.717, 1.165) is 18.8 Å². The van der Waals surface area contributed by atoms with E-state index in [1.165, 1.54) is 37.8 Å². The van der Waals surface area contributed by atoms with E-state index in [4.69, 9.17) is 0 Å². The first kappa shape index (κ1) is 14.8.